The molecule has 29 nitrogen and oxygen atoms in total. The SMILES string of the molecule is CCN1/C(=C/C=C/C=C/C2=[N+](CCCCCC(=O)NCCCCCCO[C@H]3[C@@H](O)[C@H](n4cnc5c(N)ncnc54)O[C@@H]3COP(=O)(O)OP(=O)(O)OP(=O)(O)OCCCCCCN)c3ccc(S(=O)(=O)O)cc3C2(C)C)C(C)(C)c2cc(S(=O)(=O)O)ccc21. The highest BCUT2D eigenvalue weighted by Gasteiger charge is 2.49. The first-order valence-corrected chi connectivity index (χ1v) is 36.5. The maximum atomic E-state index is 12.9. The minimum atomic E-state index is -5.77. The van der Waals surface area contributed by atoms with Gasteiger partial charge in [-0.05, 0) is 108 Å². The Morgan fingerprint density at radius 2 is 1.43 bits per heavy atom. The molecule has 0 saturated carbocycles. The highest BCUT2D eigenvalue weighted by Crippen LogP contribution is 2.68. The predicted molar refractivity (Wildman–Crippen MR) is 328 cm³/mol. The van der Waals surface area contributed by atoms with Crippen molar-refractivity contribution in [3.8, 4) is 0 Å². The Morgan fingerprint density at radius 3 is 2.11 bits per heavy atom. The molecule has 4 aromatic rings. The van der Waals surface area contributed by atoms with Crippen LogP contribution in [0.2, 0.25) is 0 Å². The van der Waals surface area contributed by atoms with Gasteiger partial charge in [0.2, 0.25) is 11.6 Å². The molecule has 3 unspecified atom stereocenters. The van der Waals surface area contributed by atoms with Gasteiger partial charge in [-0.25, -0.2) is 28.6 Å². The van der Waals surface area contributed by atoms with Crippen LogP contribution in [0.3, 0.4) is 0 Å². The Balaban J connectivity index is 0.877. The number of hydrogen-bond acceptors (Lipinski definition) is 21. The number of phosphoric ester groups is 2. The number of carbonyl (C=O) groups is 1. The first-order chi connectivity index (χ1) is 41.8. The summed E-state index contributed by atoms with van der Waals surface area (Å²) in [5.41, 5.74) is 15.5. The average molecular weight is 1350 g/mol. The Labute approximate surface area is 517 Å². The molecular formula is C55H81N9O20P3S2+. The van der Waals surface area contributed by atoms with E-state index in [9.17, 15) is 64.2 Å². The molecule has 0 spiro atoms. The van der Waals surface area contributed by atoms with E-state index in [1.54, 1.807) is 12.1 Å². The highest BCUT2D eigenvalue weighted by atomic mass is 32.2. The van der Waals surface area contributed by atoms with E-state index in [-0.39, 0.29) is 58.7 Å². The van der Waals surface area contributed by atoms with E-state index in [0.29, 0.717) is 90.4 Å². The normalized spacial score (nSPS) is 21.7. The summed E-state index contributed by atoms with van der Waals surface area (Å²) in [5, 5.41) is 14.5. The second-order valence-corrected chi connectivity index (χ2v) is 30.1. The van der Waals surface area contributed by atoms with Gasteiger partial charge in [-0.2, -0.15) is 30.0 Å². The fourth-order valence-corrected chi connectivity index (χ4v) is 15.6. The van der Waals surface area contributed by atoms with Crippen molar-refractivity contribution in [3.63, 3.8) is 0 Å². The Morgan fingerprint density at radius 1 is 0.787 bits per heavy atom. The van der Waals surface area contributed by atoms with Gasteiger partial charge in [0.15, 0.2) is 23.4 Å². The van der Waals surface area contributed by atoms with E-state index in [1.807, 2.05) is 65.0 Å². The number of carbonyl (C=O) groups excluding carboxylic acids is 1. The number of nitrogens with one attached hydrogen (secondary N) is 1. The molecule has 7 rings (SSSR count). The largest absolute Gasteiger partial charge is 0.490 e. The van der Waals surface area contributed by atoms with Gasteiger partial charge >= 0.3 is 23.5 Å². The maximum Gasteiger partial charge on any atom is 0.490 e. The second kappa shape index (κ2) is 30.2. The molecule has 1 amide bonds. The molecule has 34 heteroatoms. The minimum Gasteiger partial charge on any atom is -0.386 e. The van der Waals surface area contributed by atoms with Gasteiger partial charge in [0.1, 0.15) is 36.7 Å². The van der Waals surface area contributed by atoms with Crippen LogP contribution in [-0.4, -0.2) is 146 Å². The summed E-state index contributed by atoms with van der Waals surface area (Å²) < 4.78 is 140. The summed E-state index contributed by atoms with van der Waals surface area (Å²) in [7, 11) is -25.5. The number of fused-ring (bicyclic) bond motifs is 3. The lowest BCUT2D eigenvalue weighted by Gasteiger charge is -2.25. The molecule has 5 heterocycles. The van der Waals surface area contributed by atoms with Gasteiger partial charge in [0.05, 0.1) is 34.7 Å². The summed E-state index contributed by atoms with van der Waals surface area (Å²) in [5.74, 6) is -0.0701. The summed E-state index contributed by atoms with van der Waals surface area (Å²) in [6.45, 7) is 10.8. The van der Waals surface area contributed by atoms with Crippen LogP contribution in [0.1, 0.15) is 129 Å². The molecule has 89 heavy (non-hydrogen) atoms. The number of aliphatic hydroxyl groups is 1. The first-order valence-electron chi connectivity index (χ1n) is 29.1. The third-order valence-corrected chi connectivity index (χ3v) is 21.5. The van der Waals surface area contributed by atoms with Crippen molar-refractivity contribution in [2.24, 2.45) is 5.73 Å². The number of aromatic nitrogens is 4. The van der Waals surface area contributed by atoms with Gasteiger partial charge in [-0.1, -0.05) is 57.8 Å². The molecular weight excluding hydrogens is 1260 g/mol. The Kier molecular flexibility index (Phi) is 24.2. The smallest absolute Gasteiger partial charge is 0.386 e. The number of aliphatic hydroxyl groups excluding tert-OH is 1. The van der Waals surface area contributed by atoms with Gasteiger partial charge in [-0.15, -0.1) is 0 Å². The number of benzene rings is 2. The lowest BCUT2D eigenvalue weighted by Crippen LogP contribution is -2.36. The number of allylic oxidation sites excluding steroid dienone is 6. The van der Waals surface area contributed by atoms with Crippen molar-refractivity contribution < 1.29 is 95.9 Å². The van der Waals surface area contributed by atoms with Crippen LogP contribution in [0.25, 0.3) is 11.2 Å². The molecule has 7 atom stereocenters. The van der Waals surface area contributed by atoms with Crippen LogP contribution >= 0.6 is 23.5 Å². The van der Waals surface area contributed by atoms with Crippen molar-refractivity contribution in [1.82, 2.24) is 24.8 Å². The molecule has 1 saturated heterocycles. The van der Waals surface area contributed by atoms with Gasteiger partial charge in [0.25, 0.3) is 20.2 Å². The van der Waals surface area contributed by atoms with Crippen molar-refractivity contribution in [3.05, 3.63) is 96.3 Å². The van der Waals surface area contributed by atoms with Crippen LogP contribution in [0.5, 0.6) is 0 Å². The third-order valence-electron chi connectivity index (χ3n) is 15.5. The number of ether oxygens (including phenoxy) is 2. The summed E-state index contributed by atoms with van der Waals surface area (Å²) in [4.78, 5) is 57.4. The van der Waals surface area contributed by atoms with E-state index in [1.165, 1.54) is 41.5 Å². The van der Waals surface area contributed by atoms with Crippen LogP contribution in [0.4, 0.5) is 17.2 Å². The summed E-state index contributed by atoms with van der Waals surface area (Å²) >= 11 is 0. The number of anilines is 2. The number of nitrogens with two attached hydrogens (primary N) is 2. The number of imidazole rings is 1. The highest BCUT2D eigenvalue weighted by molar-refractivity contribution is 7.86. The molecule has 0 bridgehead atoms. The minimum absolute atomic E-state index is 0.0426. The number of amides is 1. The van der Waals surface area contributed by atoms with Crippen LogP contribution < -0.4 is 21.7 Å². The molecule has 3 aliphatic heterocycles. The molecule has 0 radical (unpaired) electrons. The second-order valence-electron chi connectivity index (χ2n) is 22.6. The number of unbranched alkanes of at least 4 members (excludes halogenated alkanes) is 8. The number of phosphoric acid groups is 3. The molecule has 0 aliphatic carbocycles. The lowest BCUT2D eigenvalue weighted by molar-refractivity contribution is -0.438. The van der Waals surface area contributed by atoms with Crippen molar-refractivity contribution >= 4 is 83.7 Å². The first kappa shape index (κ1) is 71.5. The topological polar surface area (TPSA) is 427 Å². The molecule has 3 aliphatic rings. The summed E-state index contributed by atoms with van der Waals surface area (Å²) in [6, 6.07) is 9.15. The van der Waals surface area contributed by atoms with Crippen LogP contribution in [0.15, 0.2) is 94.9 Å². The van der Waals surface area contributed by atoms with Crippen molar-refractivity contribution in [1.29, 1.82) is 0 Å². The van der Waals surface area contributed by atoms with Crippen LogP contribution in [-0.2, 0) is 76.7 Å². The molecule has 1 fully saturated rings. The van der Waals surface area contributed by atoms with Gasteiger partial charge < -0.3 is 50.9 Å². The number of nitrogen functional groups attached to an aromatic ring is 1. The van der Waals surface area contributed by atoms with Crippen LogP contribution in [0, 0.1) is 0 Å². The fraction of sp³-hybridized carbons (Fsp3) is 0.545. The quantitative estimate of drug-likeness (QED) is 0.00705. The zero-order valence-electron chi connectivity index (χ0n) is 50.1. The van der Waals surface area contributed by atoms with Crippen molar-refractivity contribution in [2.45, 2.75) is 157 Å². The molecule has 11 N–H and O–H groups in total. The van der Waals surface area contributed by atoms with Crippen molar-refractivity contribution in [2.75, 3.05) is 56.6 Å². The van der Waals surface area contributed by atoms with E-state index in [2.05, 4.69) is 42.9 Å². The molecule has 2 aromatic heterocycles. The average Bonchev–Trinajstić information content (AvgIpc) is 1.63. The van der Waals surface area contributed by atoms with Gasteiger partial charge in [-0.3, -0.25) is 27.5 Å². The van der Waals surface area contributed by atoms with E-state index in [0.717, 1.165) is 33.9 Å². The molecule has 492 valence electrons. The zero-order valence-corrected chi connectivity index (χ0v) is 54.5. The zero-order chi connectivity index (χ0) is 65.2. The Hall–Kier alpha value is -4.98. The number of hydrogen-bond donors (Lipinski definition) is 9. The number of nitrogens with zero attached hydrogens (tertiary/aromatic N) is 6. The lowest BCUT2D eigenvalue weighted by atomic mass is 9.81. The number of likely N-dealkylation sites (N-methyl/N-ethyl adjacent to an activating group) is 1. The maximum absolute atomic E-state index is 12.9. The fourth-order valence-electron chi connectivity index (χ4n) is 11.0. The number of rotatable bonds is 35. The van der Waals surface area contributed by atoms with Gasteiger partial charge in [0, 0.05) is 67.0 Å². The van der Waals surface area contributed by atoms with E-state index < -0.39 is 85.7 Å². The Bertz CT molecular complexity index is 3690. The third kappa shape index (κ3) is 18.4. The van der Waals surface area contributed by atoms with E-state index in [4.69, 9.17) is 25.5 Å². The summed E-state index contributed by atoms with van der Waals surface area (Å²) in [6.07, 6.45) is 13.7. The van der Waals surface area contributed by atoms with E-state index >= 15 is 0 Å². The predicted octanol–water partition coefficient (Wildman–Crippen LogP) is 7.56. The monoisotopic (exact) mass is 1340 g/mol. The standard InChI is InChI=1S/C55H80N9O20P3S2/c1-6-62-42-26-24-38(88(73,74)75)33-40(42)54(2,3)45(62)21-13-11-14-22-46-55(4,5)41-34-39(89(76,77)78)25-27-43(41)63(46)30-18-12-15-23-47(65)58-29-17-8-10-19-31-79-50-44(82-53(49(50)66)64-37-61-48-51(57)59-36-60-52(48)64)35-81-86(69,70)84-87(71,72)83-85(67,68)80-32-20-9-7-16-28-56/h11,13-14,21-22,24-27,33-34,36-37,44,49-50,53,66H,6-10,12,15-20,23,28-32,35,56H2,1-5H3,(H7-,57,58,59,60,65,67,68,69,70,71,72,73,74,75,76,77,78)/p+1/t44-,49-,50-,53-/m1/s1. The molecule has 2 aromatic carbocycles.